The second kappa shape index (κ2) is 3.30. The molecule has 3 N–H and O–H groups in total. The highest BCUT2D eigenvalue weighted by atomic mass is 16.3. The Morgan fingerprint density at radius 3 is 2.73 bits per heavy atom. The summed E-state index contributed by atoms with van der Waals surface area (Å²) in [4.78, 5) is 0. The van der Waals surface area contributed by atoms with Gasteiger partial charge in [0.2, 0.25) is 0 Å². The summed E-state index contributed by atoms with van der Waals surface area (Å²) in [6.45, 7) is 1.62. The molecule has 11 heavy (non-hydrogen) atoms. The largest absolute Gasteiger partial charge is 0.508 e. The highest BCUT2D eigenvalue weighted by Crippen LogP contribution is 2.14. The lowest BCUT2D eigenvalue weighted by molar-refractivity contribution is 0.475. The first-order valence-corrected chi connectivity index (χ1v) is 3.42. The van der Waals surface area contributed by atoms with Crippen molar-refractivity contribution in [1.82, 2.24) is 0 Å². The van der Waals surface area contributed by atoms with Crippen molar-refractivity contribution in [3.8, 4) is 5.75 Å². The second-order valence-corrected chi connectivity index (χ2v) is 2.37. The Morgan fingerprint density at radius 1 is 1.45 bits per heavy atom. The Morgan fingerprint density at radius 2 is 2.18 bits per heavy atom. The molecule has 1 rings (SSSR count). The lowest BCUT2D eigenvalue weighted by Crippen LogP contribution is -2.19. The van der Waals surface area contributed by atoms with Crippen LogP contribution < -0.4 is 5.23 Å². The lowest BCUT2D eigenvalue weighted by atomic mass is 9.88. The summed E-state index contributed by atoms with van der Waals surface area (Å²) in [5.41, 5.74) is 0.708. The van der Waals surface area contributed by atoms with Crippen molar-refractivity contribution in [1.29, 1.82) is 0 Å². The fourth-order valence-corrected chi connectivity index (χ4v) is 0.837. The number of phenolic OH excluding ortho intramolecular Hbond substituents is 1. The van der Waals surface area contributed by atoms with Crippen molar-refractivity contribution in [2.45, 2.75) is 6.82 Å². The highest BCUT2D eigenvalue weighted by Gasteiger charge is 2.01. The van der Waals surface area contributed by atoms with Gasteiger partial charge in [0.05, 0.1) is 0 Å². The van der Waals surface area contributed by atoms with Crippen molar-refractivity contribution >= 4 is 12.7 Å². The van der Waals surface area contributed by atoms with Crippen LogP contribution in [0.25, 0.3) is 0 Å². The smallest absolute Gasteiger partial charge is 0.406 e. The van der Waals surface area contributed by atoms with Crippen LogP contribution in [0.3, 0.4) is 0 Å². The number of hydrogen-bond acceptors (Lipinski definition) is 3. The molecular weight excluding hydrogens is 141 g/mol. The van der Waals surface area contributed by atoms with Crippen molar-refractivity contribution in [3.63, 3.8) is 0 Å². The van der Waals surface area contributed by atoms with E-state index in [2.05, 4.69) is 5.23 Å². The van der Waals surface area contributed by atoms with E-state index in [0.717, 1.165) is 0 Å². The maximum Gasteiger partial charge on any atom is 0.406 e. The molecule has 0 saturated heterocycles. The van der Waals surface area contributed by atoms with E-state index in [0.29, 0.717) is 5.69 Å². The number of rotatable bonds is 2. The minimum atomic E-state index is -0.600. The van der Waals surface area contributed by atoms with E-state index in [9.17, 15) is 0 Å². The Bertz CT molecular complexity index is 240. The van der Waals surface area contributed by atoms with Crippen molar-refractivity contribution < 1.29 is 10.1 Å². The summed E-state index contributed by atoms with van der Waals surface area (Å²) >= 11 is 0. The monoisotopic (exact) mass is 151 g/mol. The minimum absolute atomic E-state index is 0.190. The van der Waals surface area contributed by atoms with Crippen molar-refractivity contribution in [3.05, 3.63) is 24.3 Å². The van der Waals surface area contributed by atoms with Crippen LogP contribution in [0, 0.1) is 0 Å². The lowest BCUT2D eigenvalue weighted by Gasteiger charge is -2.04. The molecule has 0 aliphatic rings. The van der Waals surface area contributed by atoms with Crippen LogP contribution >= 0.6 is 0 Å². The van der Waals surface area contributed by atoms with E-state index in [1.54, 1.807) is 31.1 Å². The molecule has 58 valence electrons. The van der Waals surface area contributed by atoms with Gasteiger partial charge in [-0.05, 0) is 19.0 Å². The Labute approximate surface area is 65.8 Å². The summed E-state index contributed by atoms with van der Waals surface area (Å²) in [7, 11) is -0.600. The van der Waals surface area contributed by atoms with Gasteiger partial charge >= 0.3 is 7.05 Å². The molecule has 1 aromatic rings. The van der Waals surface area contributed by atoms with E-state index in [4.69, 9.17) is 10.1 Å². The number of anilines is 1. The number of nitrogens with one attached hydrogen (secondary N) is 1. The summed E-state index contributed by atoms with van der Waals surface area (Å²) in [5.74, 6) is 0.190. The molecule has 0 aliphatic heterocycles. The van der Waals surface area contributed by atoms with Gasteiger partial charge in [-0.25, -0.2) is 0 Å². The molecule has 0 spiro atoms. The van der Waals surface area contributed by atoms with Gasteiger partial charge in [-0.2, -0.15) is 0 Å². The molecule has 0 heterocycles. The fourth-order valence-electron chi connectivity index (χ4n) is 0.837. The molecule has 3 nitrogen and oxygen atoms in total. The van der Waals surface area contributed by atoms with E-state index in [1.165, 1.54) is 0 Å². The molecule has 0 unspecified atom stereocenters. The van der Waals surface area contributed by atoms with Crippen LogP contribution in [0.15, 0.2) is 24.3 Å². The molecule has 0 atom stereocenters. The predicted molar refractivity (Wildman–Crippen MR) is 45.6 cm³/mol. The number of phenols is 1. The standard InChI is InChI=1S/C7H10BNO2/c1-8(11)9-6-3-2-4-7(10)5-6/h2-5,9-11H,1H3. The average molecular weight is 151 g/mol. The van der Waals surface area contributed by atoms with Crippen molar-refractivity contribution in [2.75, 3.05) is 5.23 Å². The van der Waals surface area contributed by atoms with Gasteiger partial charge in [0, 0.05) is 11.8 Å². The van der Waals surface area contributed by atoms with Gasteiger partial charge in [0.25, 0.3) is 0 Å². The SMILES string of the molecule is CB(O)Nc1cccc(O)c1. The van der Waals surface area contributed by atoms with E-state index in [-0.39, 0.29) is 5.75 Å². The topological polar surface area (TPSA) is 52.5 Å². The summed E-state index contributed by atoms with van der Waals surface area (Å²) in [6, 6.07) is 6.60. The Hall–Kier alpha value is -1.16. The van der Waals surface area contributed by atoms with Gasteiger partial charge in [-0.1, -0.05) is 6.07 Å². The Kier molecular flexibility index (Phi) is 2.38. The third-order valence-electron chi connectivity index (χ3n) is 1.22. The molecule has 0 aromatic heterocycles. The molecule has 0 radical (unpaired) electrons. The zero-order chi connectivity index (χ0) is 8.27. The quantitative estimate of drug-likeness (QED) is 0.550. The second-order valence-electron chi connectivity index (χ2n) is 2.37. The summed E-state index contributed by atoms with van der Waals surface area (Å²) < 4.78 is 0. The first kappa shape index (κ1) is 7.95. The van der Waals surface area contributed by atoms with E-state index >= 15 is 0 Å². The molecular formula is C7H10BNO2. The van der Waals surface area contributed by atoms with Gasteiger partial charge in [0.15, 0.2) is 0 Å². The van der Waals surface area contributed by atoms with Crippen molar-refractivity contribution in [2.24, 2.45) is 0 Å². The van der Waals surface area contributed by atoms with Crippen LogP contribution in [0.5, 0.6) is 5.75 Å². The molecule has 0 fully saturated rings. The number of benzene rings is 1. The molecule has 4 heteroatoms. The molecule has 0 saturated carbocycles. The van der Waals surface area contributed by atoms with Crippen LogP contribution in [0.1, 0.15) is 0 Å². The van der Waals surface area contributed by atoms with Gasteiger partial charge < -0.3 is 15.4 Å². The van der Waals surface area contributed by atoms with Crippen LogP contribution in [0.4, 0.5) is 5.69 Å². The van der Waals surface area contributed by atoms with E-state index in [1.807, 2.05) is 0 Å². The van der Waals surface area contributed by atoms with Crippen LogP contribution in [0.2, 0.25) is 6.82 Å². The predicted octanol–water partition coefficient (Wildman–Crippen LogP) is 0.914. The van der Waals surface area contributed by atoms with Crippen LogP contribution in [-0.4, -0.2) is 17.2 Å². The maximum absolute atomic E-state index is 9.00. The van der Waals surface area contributed by atoms with Gasteiger partial charge in [0.1, 0.15) is 5.75 Å². The highest BCUT2D eigenvalue weighted by molar-refractivity contribution is 6.52. The maximum atomic E-state index is 9.00. The van der Waals surface area contributed by atoms with E-state index < -0.39 is 7.05 Å². The molecule has 1 aromatic carbocycles. The third kappa shape index (κ3) is 2.51. The number of hydrogen-bond donors (Lipinski definition) is 3. The average Bonchev–Trinajstić information content (AvgIpc) is 1.85. The zero-order valence-electron chi connectivity index (χ0n) is 6.28. The summed E-state index contributed by atoms with van der Waals surface area (Å²) in [5, 5.41) is 20.6. The zero-order valence-corrected chi connectivity index (χ0v) is 6.28. The Balaban J connectivity index is 2.71. The normalized spacial score (nSPS) is 9.27. The number of aromatic hydroxyl groups is 1. The summed E-state index contributed by atoms with van der Waals surface area (Å²) in [6.07, 6.45) is 0. The van der Waals surface area contributed by atoms with Crippen LogP contribution in [-0.2, 0) is 0 Å². The molecule has 0 bridgehead atoms. The minimum Gasteiger partial charge on any atom is -0.508 e. The molecule has 0 amide bonds. The first-order chi connectivity index (χ1) is 5.18. The third-order valence-corrected chi connectivity index (χ3v) is 1.22. The fraction of sp³-hybridized carbons (Fsp3) is 0.143. The van der Waals surface area contributed by atoms with Gasteiger partial charge in [-0.3, -0.25) is 0 Å². The van der Waals surface area contributed by atoms with Gasteiger partial charge in [-0.15, -0.1) is 0 Å². The first-order valence-electron chi connectivity index (χ1n) is 3.42. The molecule has 0 aliphatic carbocycles.